The number of nitro groups is 1. The number of nitrogens with one attached hydrogen (secondary N) is 1. The zero-order valence-electron chi connectivity index (χ0n) is 14.3. The highest BCUT2D eigenvalue weighted by Gasteiger charge is 2.31. The van der Waals surface area contributed by atoms with Crippen LogP contribution in [-0.4, -0.2) is 10.7 Å². The van der Waals surface area contributed by atoms with Gasteiger partial charge in [-0.15, -0.1) is 0 Å². The van der Waals surface area contributed by atoms with Crippen LogP contribution in [0.25, 0.3) is 0 Å². The zero-order chi connectivity index (χ0) is 17.8. The van der Waals surface area contributed by atoms with Crippen LogP contribution in [0.5, 0.6) is 0 Å². The van der Waals surface area contributed by atoms with E-state index in [1.807, 2.05) is 19.1 Å². The predicted octanol–water partition coefficient (Wildman–Crippen LogP) is 4.82. The van der Waals surface area contributed by atoms with Crippen molar-refractivity contribution in [3.05, 3.63) is 69.8 Å². The van der Waals surface area contributed by atoms with Gasteiger partial charge in [0, 0.05) is 30.2 Å². The minimum atomic E-state index is -0.411. The Morgan fingerprint density at radius 1 is 1.08 bits per heavy atom. The predicted molar refractivity (Wildman–Crippen MR) is 97.6 cm³/mol. The standard InChI is InChI=1S/C20H22N2O3/c1-14-6-8-15(9-7-14)20(18-4-2-3-5-19(18)23)21-16-10-12-17(13-11-16)22(24)25/h6-13,18,20-21H,2-5H2,1H3/t18-,20-/m1/s1. The van der Waals surface area contributed by atoms with Gasteiger partial charge in [-0.05, 0) is 37.5 Å². The van der Waals surface area contributed by atoms with Crippen LogP contribution in [0, 0.1) is 23.0 Å². The molecule has 0 aliphatic heterocycles. The molecule has 5 nitrogen and oxygen atoms in total. The fraction of sp³-hybridized carbons (Fsp3) is 0.350. The molecule has 2 aromatic carbocycles. The first kappa shape index (κ1) is 17.1. The van der Waals surface area contributed by atoms with Gasteiger partial charge in [0.25, 0.3) is 5.69 Å². The average molecular weight is 338 g/mol. The molecule has 1 fully saturated rings. The molecule has 2 atom stereocenters. The van der Waals surface area contributed by atoms with E-state index in [-0.39, 0.29) is 17.6 Å². The van der Waals surface area contributed by atoms with Crippen molar-refractivity contribution in [2.24, 2.45) is 5.92 Å². The molecular formula is C20H22N2O3. The normalized spacial score (nSPS) is 18.6. The second kappa shape index (κ2) is 7.47. The van der Waals surface area contributed by atoms with Gasteiger partial charge >= 0.3 is 0 Å². The number of nitrogens with zero attached hydrogens (tertiary/aromatic N) is 1. The van der Waals surface area contributed by atoms with Crippen LogP contribution in [0.2, 0.25) is 0 Å². The van der Waals surface area contributed by atoms with Gasteiger partial charge in [-0.1, -0.05) is 36.2 Å². The molecule has 25 heavy (non-hydrogen) atoms. The summed E-state index contributed by atoms with van der Waals surface area (Å²) >= 11 is 0. The Morgan fingerprint density at radius 2 is 1.76 bits per heavy atom. The number of ketones is 1. The largest absolute Gasteiger partial charge is 0.377 e. The second-order valence-electron chi connectivity index (χ2n) is 6.66. The number of hydrogen-bond acceptors (Lipinski definition) is 4. The number of anilines is 1. The van der Waals surface area contributed by atoms with Crippen molar-refractivity contribution >= 4 is 17.2 Å². The molecule has 1 aliphatic carbocycles. The van der Waals surface area contributed by atoms with Gasteiger partial charge in [0.2, 0.25) is 0 Å². The Kier molecular flexibility index (Phi) is 5.12. The molecule has 130 valence electrons. The molecule has 1 N–H and O–H groups in total. The van der Waals surface area contributed by atoms with Crippen molar-refractivity contribution in [2.75, 3.05) is 5.32 Å². The highest BCUT2D eigenvalue weighted by atomic mass is 16.6. The third-order valence-corrected chi connectivity index (χ3v) is 4.84. The lowest BCUT2D eigenvalue weighted by Crippen LogP contribution is -2.30. The van der Waals surface area contributed by atoms with Crippen molar-refractivity contribution < 1.29 is 9.72 Å². The van der Waals surface area contributed by atoms with Crippen LogP contribution < -0.4 is 5.32 Å². The van der Waals surface area contributed by atoms with E-state index in [9.17, 15) is 14.9 Å². The smallest absolute Gasteiger partial charge is 0.269 e. The van der Waals surface area contributed by atoms with Crippen LogP contribution in [0.3, 0.4) is 0 Å². The van der Waals surface area contributed by atoms with Gasteiger partial charge in [-0.2, -0.15) is 0 Å². The average Bonchev–Trinajstić information content (AvgIpc) is 2.62. The molecule has 0 heterocycles. The summed E-state index contributed by atoms with van der Waals surface area (Å²) in [6, 6.07) is 14.5. The molecule has 3 rings (SSSR count). The van der Waals surface area contributed by atoms with E-state index in [0.717, 1.165) is 30.5 Å². The van der Waals surface area contributed by atoms with E-state index in [0.29, 0.717) is 12.2 Å². The first-order valence-electron chi connectivity index (χ1n) is 8.65. The van der Waals surface area contributed by atoms with Gasteiger partial charge < -0.3 is 5.32 Å². The molecule has 0 spiro atoms. The Labute approximate surface area is 147 Å². The SMILES string of the molecule is Cc1ccc([C@@H](Nc2ccc([N+](=O)[O-])cc2)[C@@H]2CCCCC2=O)cc1. The molecule has 0 unspecified atom stereocenters. The van der Waals surface area contributed by atoms with E-state index in [2.05, 4.69) is 17.4 Å². The number of carbonyl (C=O) groups excluding carboxylic acids is 1. The number of rotatable bonds is 5. The van der Waals surface area contributed by atoms with Crippen molar-refractivity contribution in [1.82, 2.24) is 0 Å². The van der Waals surface area contributed by atoms with Crippen LogP contribution in [0.15, 0.2) is 48.5 Å². The molecule has 0 saturated heterocycles. The first-order valence-corrected chi connectivity index (χ1v) is 8.65. The summed E-state index contributed by atoms with van der Waals surface area (Å²) in [5.74, 6) is 0.234. The molecule has 0 aromatic heterocycles. The van der Waals surface area contributed by atoms with Gasteiger partial charge in [0.1, 0.15) is 5.78 Å². The van der Waals surface area contributed by atoms with Gasteiger partial charge in [-0.25, -0.2) is 0 Å². The number of benzene rings is 2. The topological polar surface area (TPSA) is 72.2 Å². The van der Waals surface area contributed by atoms with Gasteiger partial charge in [-0.3, -0.25) is 14.9 Å². The van der Waals surface area contributed by atoms with Crippen LogP contribution >= 0.6 is 0 Å². The quantitative estimate of drug-likeness (QED) is 0.627. The lowest BCUT2D eigenvalue weighted by atomic mass is 9.80. The Hall–Kier alpha value is -2.69. The lowest BCUT2D eigenvalue weighted by molar-refractivity contribution is -0.384. The number of nitro benzene ring substituents is 1. The lowest BCUT2D eigenvalue weighted by Gasteiger charge is -2.31. The summed E-state index contributed by atoms with van der Waals surface area (Å²) in [6.07, 6.45) is 3.53. The molecule has 0 bridgehead atoms. The number of non-ortho nitro benzene ring substituents is 1. The number of aryl methyl sites for hydroxylation is 1. The molecular weight excluding hydrogens is 316 g/mol. The van der Waals surface area contributed by atoms with Crippen molar-refractivity contribution in [2.45, 2.75) is 38.6 Å². The fourth-order valence-electron chi connectivity index (χ4n) is 3.41. The van der Waals surface area contributed by atoms with Crippen LogP contribution in [0.4, 0.5) is 11.4 Å². The van der Waals surface area contributed by atoms with E-state index >= 15 is 0 Å². The number of carbonyl (C=O) groups is 1. The van der Waals surface area contributed by atoms with E-state index in [1.54, 1.807) is 12.1 Å². The van der Waals surface area contributed by atoms with E-state index in [4.69, 9.17) is 0 Å². The monoisotopic (exact) mass is 338 g/mol. The first-order chi connectivity index (χ1) is 12.0. The Bertz CT molecular complexity index is 754. The second-order valence-corrected chi connectivity index (χ2v) is 6.66. The summed E-state index contributed by atoms with van der Waals surface area (Å²) in [4.78, 5) is 22.9. The third kappa shape index (κ3) is 4.05. The van der Waals surface area contributed by atoms with Crippen molar-refractivity contribution in [3.63, 3.8) is 0 Å². The van der Waals surface area contributed by atoms with Crippen molar-refractivity contribution in [1.29, 1.82) is 0 Å². The Balaban J connectivity index is 1.88. The maximum atomic E-state index is 12.5. The highest BCUT2D eigenvalue weighted by Crippen LogP contribution is 2.35. The minimum Gasteiger partial charge on any atom is -0.377 e. The highest BCUT2D eigenvalue weighted by molar-refractivity contribution is 5.83. The summed E-state index contributed by atoms with van der Waals surface area (Å²) in [5.41, 5.74) is 3.10. The summed E-state index contributed by atoms with van der Waals surface area (Å²) in [7, 11) is 0. The Morgan fingerprint density at radius 3 is 2.36 bits per heavy atom. The summed E-state index contributed by atoms with van der Waals surface area (Å²) in [5, 5.41) is 14.3. The van der Waals surface area contributed by atoms with E-state index < -0.39 is 4.92 Å². The van der Waals surface area contributed by atoms with Crippen LogP contribution in [0.1, 0.15) is 42.9 Å². The number of hydrogen-bond donors (Lipinski definition) is 1. The number of Topliss-reactive ketones (excluding diaryl/α,β-unsaturated/α-hetero) is 1. The van der Waals surface area contributed by atoms with Crippen LogP contribution in [-0.2, 0) is 4.79 Å². The van der Waals surface area contributed by atoms with Crippen molar-refractivity contribution in [3.8, 4) is 0 Å². The van der Waals surface area contributed by atoms with Gasteiger partial charge in [0.15, 0.2) is 0 Å². The summed E-state index contributed by atoms with van der Waals surface area (Å²) in [6.45, 7) is 2.04. The molecule has 5 heteroatoms. The zero-order valence-corrected chi connectivity index (χ0v) is 14.3. The summed E-state index contributed by atoms with van der Waals surface area (Å²) < 4.78 is 0. The molecule has 1 saturated carbocycles. The maximum Gasteiger partial charge on any atom is 0.269 e. The minimum absolute atomic E-state index is 0.0613. The fourth-order valence-corrected chi connectivity index (χ4v) is 3.41. The molecule has 2 aromatic rings. The molecule has 0 amide bonds. The van der Waals surface area contributed by atoms with Gasteiger partial charge in [0.05, 0.1) is 11.0 Å². The molecule has 1 aliphatic rings. The van der Waals surface area contributed by atoms with E-state index in [1.165, 1.54) is 17.7 Å². The molecule has 0 radical (unpaired) electrons. The third-order valence-electron chi connectivity index (χ3n) is 4.84. The maximum absolute atomic E-state index is 12.5.